The first-order chi connectivity index (χ1) is 8.97. The molecule has 1 aliphatic rings. The molecule has 0 saturated heterocycles. The van der Waals surface area contributed by atoms with E-state index in [2.05, 4.69) is 0 Å². The van der Waals surface area contributed by atoms with Gasteiger partial charge in [-0.15, -0.1) is 0 Å². The van der Waals surface area contributed by atoms with Crippen molar-refractivity contribution in [1.82, 2.24) is 0 Å². The molecule has 0 aliphatic heterocycles. The van der Waals surface area contributed by atoms with Crippen molar-refractivity contribution in [2.24, 2.45) is 0 Å². The van der Waals surface area contributed by atoms with Crippen molar-refractivity contribution >= 4 is 9.84 Å². The van der Waals surface area contributed by atoms with Gasteiger partial charge in [0.05, 0.1) is 11.0 Å². The number of hydrogen-bond donors (Lipinski definition) is 1. The van der Waals surface area contributed by atoms with Crippen molar-refractivity contribution in [2.75, 3.05) is 6.26 Å². The zero-order valence-electron chi connectivity index (χ0n) is 11.1. The van der Waals surface area contributed by atoms with Crippen LogP contribution in [0.5, 0.6) is 5.75 Å². The quantitative estimate of drug-likeness (QED) is 0.864. The Morgan fingerprint density at radius 2 is 1.74 bits per heavy atom. The molecule has 1 aliphatic carbocycles. The van der Waals surface area contributed by atoms with E-state index in [9.17, 15) is 13.5 Å². The first-order valence-corrected chi connectivity index (χ1v) is 8.51. The van der Waals surface area contributed by atoms with Gasteiger partial charge >= 0.3 is 0 Å². The first kappa shape index (κ1) is 14.3. The van der Waals surface area contributed by atoms with Gasteiger partial charge in [-0.05, 0) is 43.5 Å². The SMILES string of the molecule is CS(=O)(=O)c1ccc(OC2CCCCCC2O)cc1. The van der Waals surface area contributed by atoms with Crippen LogP contribution in [0.2, 0.25) is 0 Å². The topological polar surface area (TPSA) is 63.6 Å². The van der Waals surface area contributed by atoms with Gasteiger partial charge in [-0.1, -0.05) is 12.8 Å². The Morgan fingerprint density at radius 1 is 1.11 bits per heavy atom. The molecule has 19 heavy (non-hydrogen) atoms. The maximum Gasteiger partial charge on any atom is 0.175 e. The van der Waals surface area contributed by atoms with Crippen molar-refractivity contribution in [3.63, 3.8) is 0 Å². The van der Waals surface area contributed by atoms with Crippen LogP contribution in [0, 0.1) is 0 Å². The van der Waals surface area contributed by atoms with Gasteiger partial charge in [-0.25, -0.2) is 8.42 Å². The Morgan fingerprint density at radius 3 is 2.37 bits per heavy atom. The highest BCUT2D eigenvalue weighted by atomic mass is 32.2. The average Bonchev–Trinajstić information content (AvgIpc) is 2.55. The Hall–Kier alpha value is -1.07. The van der Waals surface area contributed by atoms with Gasteiger partial charge in [0.1, 0.15) is 11.9 Å². The van der Waals surface area contributed by atoms with Crippen LogP contribution in [-0.2, 0) is 9.84 Å². The summed E-state index contributed by atoms with van der Waals surface area (Å²) in [6.07, 6.45) is 5.39. The summed E-state index contributed by atoms with van der Waals surface area (Å²) in [6, 6.07) is 6.36. The van der Waals surface area contributed by atoms with Crippen molar-refractivity contribution in [3.05, 3.63) is 24.3 Å². The minimum Gasteiger partial charge on any atom is -0.488 e. The van der Waals surface area contributed by atoms with Crippen LogP contribution in [-0.4, -0.2) is 32.0 Å². The fourth-order valence-electron chi connectivity index (χ4n) is 2.33. The number of benzene rings is 1. The minimum absolute atomic E-state index is 0.188. The van der Waals surface area contributed by atoms with Crippen LogP contribution in [0.4, 0.5) is 0 Å². The Labute approximate surface area is 114 Å². The van der Waals surface area contributed by atoms with Gasteiger partial charge in [-0.2, -0.15) is 0 Å². The molecule has 0 heterocycles. The van der Waals surface area contributed by atoms with Crippen LogP contribution in [0.3, 0.4) is 0 Å². The lowest BCUT2D eigenvalue weighted by molar-refractivity contribution is 0.0319. The Kier molecular flexibility index (Phi) is 4.47. The zero-order valence-corrected chi connectivity index (χ0v) is 11.9. The second-order valence-corrected chi connectivity index (χ2v) is 7.12. The molecule has 1 aromatic carbocycles. The van der Waals surface area contributed by atoms with Crippen LogP contribution < -0.4 is 4.74 Å². The summed E-state index contributed by atoms with van der Waals surface area (Å²) in [7, 11) is -3.17. The van der Waals surface area contributed by atoms with E-state index in [1.807, 2.05) is 0 Å². The molecule has 1 saturated carbocycles. The van der Waals surface area contributed by atoms with E-state index >= 15 is 0 Å². The zero-order chi connectivity index (χ0) is 13.9. The first-order valence-electron chi connectivity index (χ1n) is 6.61. The normalized spacial score (nSPS) is 24.7. The molecule has 5 heteroatoms. The molecule has 0 spiro atoms. The second kappa shape index (κ2) is 5.92. The summed E-state index contributed by atoms with van der Waals surface area (Å²) in [5.74, 6) is 0.610. The van der Waals surface area contributed by atoms with Crippen LogP contribution in [0.1, 0.15) is 32.1 Å². The molecule has 1 aromatic rings. The third-order valence-electron chi connectivity index (χ3n) is 3.46. The highest BCUT2D eigenvalue weighted by Gasteiger charge is 2.23. The summed E-state index contributed by atoms with van der Waals surface area (Å²) >= 11 is 0. The van der Waals surface area contributed by atoms with Crippen molar-refractivity contribution in [2.45, 2.75) is 49.2 Å². The van der Waals surface area contributed by atoms with Gasteiger partial charge in [0.2, 0.25) is 0 Å². The molecule has 2 atom stereocenters. The summed E-state index contributed by atoms with van der Waals surface area (Å²) in [5, 5.41) is 9.97. The summed E-state index contributed by atoms with van der Waals surface area (Å²) < 4.78 is 28.5. The van der Waals surface area contributed by atoms with Crippen LogP contribution in [0.25, 0.3) is 0 Å². The molecule has 0 amide bonds. The number of rotatable bonds is 3. The number of hydrogen-bond acceptors (Lipinski definition) is 4. The Bertz CT molecular complexity index is 507. The molecule has 1 fully saturated rings. The lowest BCUT2D eigenvalue weighted by atomic mass is 10.1. The molecular weight excluding hydrogens is 264 g/mol. The van der Waals surface area contributed by atoms with Gasteiger partial charge in [-0.3, -0.25) is 0 Å². The lowest BCUT2D eigenvalue weighted by Crippen LogP contribution is -2.30. The highest BCUT2D eigenvalue weighted by Crippen LogP contribution is 2.24. The standard InChI is InChI=1S/C14H20O4S/c1-19(16,17)12-9-7-11(8-10-12)18-14-6-4-2-3-5-13(14)15/h7-10,13-15H,2-6H2,1H3. The van der Waals surface area contributed by atoms with E-state index in [4.69, 9.17) is 4.74 Å². The average molecular weight is 284 g/mol. The Balaban J connectivity index is 2.06. The number of aliphatic hydroxyl groups is 1. The maximum atomic E-state index is 11.4. The highest BCUT2D eigenvalue weighted by molar-refractivity contribution is 7.90. The molecular formula is C14H20O4S. The van der Waals surface area contributed by atoms with Crippen LogP contribution >= 0.6 is 0 Å². The molecule has 1 N–H and O–H groups in total. The number of ether oxygens (including phenoxy) is 1. The molecule has 0 radical (unpaired) electrons. The van der Waals surface area contributed by atoms with E-state index < -0.39 is 15.9 Å². The fraction of sp³-hybridized carbons (Fsp3) is 0.571. The molecule has 2 unspecified atom stereocenters. The van der Waals surface area contributed by atoms with E-state index in [0.29, 0.717) is 5.75 Å². The molecule has 2 rings (SSSR count). The van der Waals surface area contributed by atoms with E-state index in [1.54, 1.807) is 12.1 Å². The summed E-state index contributed by atoms with van der Waals surface area (Å²) in [6.45, 7) is 0. The van der Waals surface area contributed by atoms with Gasteiger partial charge < -0.3 is 9.84 Å². The van der Waals surface area contributed by atoms with Crippen LogP contribution in [0.15, 0.2) is 29.2 Å². The molecule has 0 bridgehead atoms. The monoisotopic (exact) mass is 284 g/mol. The molecule has 106 valence electrons. The fourth-order valence-corrected chi connectivity index (χ4v) is 2.96. The second-order valence-electron chi connectivity index (χ2n) is 5.11. The molecule has 0 aromatic heterocycles. The van der Waals surface area contributed by atoms with Gasteiger partial charge in [0.15, 0.2) is 9.84 Å². The van der Waals surface area contributed by atoms with E-state index in [-0.39, 0.29) is 11.0 Å². The summed E-state index contributed by atoms with van der Waals surface area (Å²) in [5.41, 5.74) is 0. The van der Waals surface area contributed by atoms with Crippen molar-refractivity contribution in [1.29, 1.82) is 0 Å². The third kappa shape index (κ3) is 3.94. The van der Waals surface area contributed by atoms with Gasteiger partial charge in [0, 0.05) is 6.26 Å². The predicted octanol–water partition coefficient (Wildman–Crippen LogP) is 2.16. The van der Waals surface area contributed by atoms with E-state index in [1.165, 1.54) is 18.4 Å². The third-order valence-corrected chi connectivity index (χ3v) is 4.59. The lowest BCUT2D eigenvalue weighted by Gasteiger charge is -2.22. The minimum atomic E-state index is -3.17. The maximum absolute atomic E-state index is 11.4. The van der Waals surface area contributed by atoms with Crippen molar-refractivity contribution in [3.8, 4) is 5.75 Å². The van der Waals surface area contributed by atoms with E-state index in [0.717, 1.165) is 32.1 Å². The predicted molar refractivity (Wildman–Crippen MR) is 73.1 cm³/mol. The van der Waals surface area contributed by atoms with Gasteiger partial charge in [0.25, 0.3) is 0 Å². The largest absolute Gasteiger partial charge is 0.488 e. The smallest absolute Gasteiger partial charge is 0.175 e. The molecule has 4 nitrogen and oxygen atoms in total. The number of sulfone groups is 1. The van der Waals surface area contributed by atoms with Crippen molar-refractivity contribution < 1.29 is 18.3 Å². The number of aliphatic hydroxyl groups excluding tert-OH is 1. The summed E-state index contributed by atoms with van der Waals surface area (Å²) in [4.78, 5) is 0.279.